The lowest BCUT2D eigenvalue weighted by Gasteiger charge is -2.08. The summed E-state index contributed by atoms with van der Waals surface area (Å²) in [6.45, 7) is 3.63. The van der Waals surface area contributed by atoms with Crippen LogP contribution in [0.15, 0.2) is 35.7 Å². The van der Waals surface area contributed by atoms with Crippen LogP contribution in [0.3, 0.4) is 0 Å². The number of amides is 1. The number of hydrogen-bond donors (Lipinski definition) is 2. The Morgan fingerprint density at radius 2 is 2.00 bits per heavy atom. The maximum Gasteiger partial charge on any atom is 0.228 e. The first kappa shape index (κ1) is 14.6. The third-order valence-electron chi connectivity index (χ3n) is 2.56. The molecular formula is C14H15N3OS2. The zero-order valence-corrected chi connectivity index (χ0v) is 12.8. The average Bonchev–Trinajstić information content (AvgIpc) is 2.88. The number of benzene rings is 1. The maximum absolute atomic E-state index is 11.5. The fourth-order valence-corrected chi connectivity index (χ4v) is 2.44. The Morgan fingerprint density at radius 3 is 2.65 bits per heavy atom. The van der Waals surface area contributed by atoms with Gasteiger partial charge in [0.2, 0.25) is 5.91 Å². The van der Waals surface area contributed by atoms with Crippen LogP contribution in [-0.2, 0) is 4.79 Å². The van der Waals surface area contributed by atoms with E-state index in [4.69, 9.17) is 12.2 Å². The molecule has 20 heavy (non-hydrogen) atoms. The van der Waals surface area contributed by atoms with Crippen LogP contribution in [0, 0.1) is 5.92 Å². The largest absolute Gasteiger partial charge is 0.308 e. The lowest BCUT2D eigenvalue weighted by Crippen LogP contribution is -2.36. The second-order valence-electron chi connectivity index (χ2n) is 4.50. The van der Waals surface area contributed by atoms with Crippen molar-refractivity contribution in [2.75, 3.05) is 5.32 Å². The van der Waals surface area contributed by atoms with Gasteiger partial charge in [-0.1, -0.05) is 44.2 Å². The Bertz CT molecular complexity index is 608. The van der Waals surface area contributed by atoms with E-state index >= 15 is 0 Å². The van der Waals surface area contributed by atoms with E-state index in [1.54, 1.807) is 0 Å². The smallest absolute Gasteiger partial charge is 0.228 e. The van der Waals surface area contributed by atoms with Crippen molar-refractivity contribution in [3.63, 3.8) is 0 Å². The number of hydrogen-bond acceptors (Lipinski definition) is 4. The first-order valence-electron chi connectivity index (χ1n) is 6.19. The number of carbonyl (C=O) groups excluding carboxylic acids is 1. The van der Waals surface area contributed by atoms with E-state index in [0.29, 0.717) is 5.13 Å². The summed E-state index contributed by atoms with van der Waals surface area (Å²) in [4.78, 5) is 16.0. The Kier molecular flexibility index (Phi) is 4.81. The summed E-state index contributed by atoms with van der Waals surface area (Å²) >= 11 is 6.53. The highest BCUT2D eigenvalue weighted by Crippen LogP contribution is 2.24. The van der Waals surface area contributed by atoms with Crippen molar-refractivity contribution >= 4 is 39.7 Å². The van der Waals surface area contributed by atoms with Crippen molar-refractivity contribution in [2.24, 2.45) is 5.92 Å². The molecule has 2 rings (SSSR count). The van der Waals surface area contributed by atoms with Crippen LogP contribution in [0.1, 0.15) is 13.8 Å². The first-order valence-corrected chi connectivity index (χ1v) is 7.48. The van der Waals surface area contributed by atoms with Crippen LogP contribution in [0.5, 0.6) is 0 Å². The molecule has 4 nitrogen and oxygen atoms in total. The van der Waals surface area contributed by atoms with Gasteiger partial charge in [0.05, 0.1) is 5.69 Å². The van der Waals surface area contributed by atoms with Gasteiger partial charge in [0, 0.05) is 16.9 Å². The third-order valence-corrected chi connectivity index (χ3v) is 3.52. The molecule has 1 aromatic carbocycles. The van der Waals surface area contributed by atoms with Crippen LogP contribution >= 0.6 is 23.6 Å². The zero-order chi connectivity index (χ0) is 14.5. The number of thiazole rings is 1. The van der Waals surface area contributed by atoms with Gasteiger partial charge in [-0.05, 0) is 12.2 Å². The van der Waals surface area contributed by atoms with Crippen molar-refractivity contribution in [3.05, 3.63) is 35.7 Å². The van der Waals surface area contributed by atoms with Crippen molar-refractivity contribution in [2.45, 2.75) is 13.8 Å². The monoisotopic (exact) mass is 305 g/mol. The van der Waals surface area contributed by atoms with E-state index < -0.39 is 0 Å². The van der Waals surface area contributed by atoms with Gasteiger partial charge in [-0.2, -0.15) is 0 Å². The van der Waals surface area contributed by atoms with Gasteiger partial charge in [0.1, 0.15) is 0 Å². The summed E-state index contributed by atoms with van der Waals surface area (Å²) in [6.07, 6.45) is 0. The topological polar surface area (TPSA) is 54.0 Å². The number of carbonyl (C=O) groups is 1. The van der Waals surface area contributed by atoms with Crippen molar-refractivity contribution < 1.29 is 4.79 Å². The Labute approximate surface area is 127 Å². The van der Waals surface area contributed by atoms with E-state index in [9.17, 15) is 4.79 Å². The number of anilines is 1. The van der Waals surface area contributed by atoms with Gasteiger partial charge < -0.3 is 10.6 Å². The highest BCUT2D eigenvalue weighted by atomic mass is 32.1. The van der Waals surface area contributed by atoms with E-state index in [0.717, 1.165) is 11.3 Å². The molecule has 0 aliphatic heterocycles. The molecule has 0 radical (unpaired) electrons. The SMILES string of the molecule is CC(C)C(=O)NC(=S)Nc1nc(-c2ccccc2)cs1. The molecule has 0 unspecified atom stereocenters. The van der Waals surface area contributed by atoms with Crippen molar-refractivity contribution in [1.82, 2.24) is 10.3 Å². The third kappa shape index (κ3) is 3.85. The van der Waals surface area contributed by atoms with Crippen LogP contribution in [0.4, 0.5) is 5.13 Å². The van der Waals surface area contributed by atoms with Gasteiger partial charge in [-0.15, -0.1) is 11.3 Å². The van der Waals surface area contributed by atoms with E-state index in [1.807, 2.05) is 49.6 Å². The summed E-state index contributed by atoms with van der Waals surface area (Å²) in [5.41, 5.74) is 1.94. The van der Waals surface area contributed by atoms with Crippen LogP contribution in [0.2, 0.25) is 0 Å². The lowest BCUT2D eigenvalue weighted by atomic mass is 10.2. The molecule has 0 spiro atoms. The minimum atomic E-state index is -0.109. The molecule has 6 heteroatoms. The standard InChI is InChI=1S/C14H15N3OS2/c1-9(2)12(18)16-13(19)17-14-15-11(8-20-14)10-6-4-3-5-7-10/h3-9H,1-2H3,(H2,15,16,17,18,19). The summed E-state index contributed by atoms with van der Waals surface area (Å²) in [7, 11) is 0. The van der Waals surface area contributed by atoms with Crippen LogP contribution in [0.25, 0.3) is 11.3 Å². The maximum atomic E-state index is 11.5. The molecule has 0 aliphatic rings. The molecule has 1 heterocycles. The predicted molar refractivity (Wildman–Crippen MR) is 86.8 cm³/mol. The normalized spacial score (nSPS) is 10.3. The van der Waals surface area contributed by atoms with E-state index in [-0.39, 0.29) is 16.9 Å². The predicted octanol–water partition coefficient (Wildman–Crippen LogP) is 3.28. The highest BCUT2D eigenvalue weighted by molar-refractivity contribution is 7.80. The molecule has 2 aromatic rings. The highest BCUT2D eigenvalue weighted by Gasteiger charge is 2.10. The molecule has 1 amide bonds. The summed E-state index contributed by atoms with van der Waals surface area (Å²) < 4.78 is 0. The molecule has 2 N–H and O–H groups in total. The van der Waals surface area contributed by atoms with Crippen molar-refractivity contribution in [1.29, 1.82) is 0 Å². The number of nitrogens with one attached hydrogen (secondary N) is 2. The summed E-state index contributed by atoms with van der Waals surface area (Å²) in [5, 5.41) is 8.44. The number of thiocarbonyl (C=S) groups is 1. The molecule has 0 aliphatic carbocycles. The van der Waals surface area contributed by atoms with Gasteiger partial charge >= 0.3 is 0 Å². The molecule has 0 fully saturated rings. The molecule has 1 aromatic heterocycles. The molecule has 0 bridgehead atoms. The van der Waals surface area contributed by atoms with E-state index in [2.05, 4.69) is 15.6 Å². The van der Waals surface area contributed by atoms with E-state index in [1.165, 1.54) is 11.3 Å². The number of aromatic nitrogens is 1. The Balaban J connectivity index is 2.00. The van der Waals surface area contributed by atoms with Crippen LogP contribution in [-0.4, -0.2) is 16.0 Å². The second kappa shape index (κ2) is 6.58. The average molecular weight is 305 g/mol. The minimum absolute atomic E-state index is 0.106. The van der Waals surface area contributed by atoms with Gasteiger partial charge in [-0.25, -0.2) is 4.98 Å². The second-order valence-corrected chi connectivity index (χ2v) is 5.77. The molecule has 0 saturated carbocycles. The first-order chi connectivity index (χ1) is 9.56. The van der Waals surface area contributed by atoms with Gasteiger partial charge in [0.25, 0.3) is 0 Å². The molecule has 0 atom stereocenters. The quantitative estimate of drug-likeness (QED) is 0.855. The van der Waals surface area contributed by atoms with Gasteiger partial charge in [-0.3, -0.25) is 4.79 Å². The Hall–Kier alpha value is -1.79. The van der Waals surface area contributed by atoms with Crippen molar-refractivity contribution in [3.8, 4) is 11.3 Å². The number of nitrogens with zero attached hydrogens (tertiary/aromatic N) is 1. The zero-order valence-electron chi connectivity index (χ0n) is 11.2. The molecule has 104 valence electrons. The minimum Gasteiger partial charge on any atom is -0.308 e. The Morgan fingerprint density at radius 1 is 1.30 bits per heavy atom. The summed E-state index contributed by atoms with van der Waals surface area (Å²) in [5.74, 6) is -0.215. The fraction of sp³-hybridized carbons (Fsp3) is 0.214. The summed E-state index contributed by atoms with van der Waals surface area (Å²) in [6, 6.07) is 9.89. The van der Waals surface area contributed by atoms with Gasteiger partial charge in [0.15, 0.2) is 10.2 Å². The molecule has 0 saturated heterocycles. The fourth-order valence-electron chi connectivity index (χ4n) is 1.46. The lowest BCUT2D eigenvalue weighted by molar-refractivity contribution is -0.122. The molecular weight excluding hydrogens is 290 g/mol. The van der Waals surface area contributed by atoms with Crippen LogP contribution < -0.4 is 10.6 Å². The number of rotatable bonds is 3.